The maximum Gasteiger partial charge on any atom is 0.265 e. The van der Waals surface area contributed by atoms with Gasteiger partial charge in [0.15, 0.2) is 0 Å². The predicted molar refractivity (Wildman–Crippen MR) is 99.7 cm³/mol. The Morgan fingerprint density at radius 3 is 2.12 bits per heavy atom. The van der Waals surface area contributed by atoms with Gasteiger partial charge in [-0.25, -0.2) is 17.5 Å². The molecule has 1 aromatic heterocycles. The lowest BCUT2D eigenvalue weighted by atomic mass is 10.1. The van der Waals surface area contributed by atoms with Crippen LogP contribution in [0.2, 0.25) is 0 Å². The summed E-state index contributed by atoms with van der Waals surface area (Å²) < 4.78 is 43.4. The average Bonchev–Trinajstić information content (AvgIpc) is 2.87. The van der Waals surface area contributed by atoms with Gasteiger partial charge in [-0.1, -0.05) is 18.2 Å². The first-order valence-electron chi connectivity index (χ1n) is 8.12. The summed E-state index contributed by atoms with van der Waals surface area (Å²) in [5.41, 5.74) is 3.70. The van der Waals surface area contributed by atoms with Crippen LogP contribution in [0.4, 0.5) is 10.1 Å². The summed E-state index contributed by atoms with van der Waals surface area (Å²) in [5.74, 6) is -0.361. The zero-order valence-corrected chi connectivity index (χ0v) is 15.9. The minimum Gasteiger partial charge on any atom is -0.279 e. The van der Waals surface area contributed by atoms with E-state index < -0.39 is 10.0 Å². The Hall–Kier alpha value is -2.67. The number of hydrogen-bond acceptors (Lipinski definition) is 3. The lowest BCUT2D eigenvalue weighted by Gasteiger charge is -2.13. The Morgan fingerprint density at radius 1 is 0.962 bits per heavy atom. The van der Waals surface area contributed by atoms with Gasteiger partial charge in [-0.2, -0.15) is 5.10 Å². The topological polar surface area (TPSA) is 64.0 Å². The highest BCUT2D eigenvalue weighted by molar-refractivity contribution is 7.92. The SMILES string of the molecule is Cc1cccc(C)c1NS(=O)(=O)c1c(C)nn(-c2ccc(F)cc2)c1C. The molecule has 0 aliphatic rings. The summed E-state index contributed by atoms with van der Waals surface area (Å²) in [6.07, 6.45) is 0. The standard InChI is InChI=1S/C19H20FN3O2S/c1-12-6-5-7-13(2)18(12)22-26(24,25)19-14(3)21-23(15(19)4)17-10-8-16(20)9-11-17/h5-11,22H,1-4H3. The fraction of sp³-hybridized carbons (Fsp3) is 0.211. The van der Waals surface area contributed by atoms with Gasteiger partial charge < -0.3 is 0 Å². The van der Waals surface area contributed by atoms with Gasteiger partial charge in [-0.3, -0.25) is 4.72 Å². The van der Waals surface area contributed by atoms with Crippen LogP contribution in [0.15, 0.2) is 47.4 Å². The number of hydrogen-bond donors (Lipinski definition) is 1. The molecule has 0 bridgehead atoms. The van der Waals surface area contributed by atoms with Crippen LogP contribution in [0.5, 0.6) is 0 Å². The van der Waals surface area contributed by atoms with Crippen molar-refractivity contribution in [2.75, 3.05) is 4.72 Å². The predicted octanol–water partition coefficient (Wildman–Crippen LogP) is 4.05. The van der Waals surface area contributed by atoms with Crippen molar-refractivity contribution < 1.29 is 12.8 Å². The molecule has 0 atom stereocenters. The van der Waals surface area contributed by atoms with E-state index in [4.69, 9.17) is 0 Å². The first-order valence-corrected chi connectivity index (χ1v) is 9.60. The van der Waals surface area contributed by atoms with E-state index in [1.165, 1.54) is 16.8 Å². The summed E-state index contributed by atoms with van der Waals surface area (Å²) in [5, 5.41) is 4.34. The van der Waals surface area contributed by atoms with E-state index in [-0.39, 0.29) is 10.7 Å². The molecule has 5 nitrogen and oxygen atoms in total. The lowest BCUT2D eigenvalue weighted by Crippen LogP contribution is -2.16. The van der Waals surface area contributed by atoms with Gasteiger partial charge in [0, 0.05) is 0 Å². The van der Waals surface area contributed by atoms with Crippen LogP contribution in [-0.2, 0) is 10.0 Å². The zero-order valence-electron chi connectivity index (χ0n) is 15.0. The molecule has 0 spiro atoms. The molecule has 1 heterocycles. The molecule has 0 aliphatic carbocycles. The van der Waals surface area contributed by atoms with E-state index in [1.54, 1.807) is 26.0 Å². The van der Waals surface area contributed by atoms with Gasteiger partial charge in [0.1, 0.15) is 10.7 Å². The highest BCUT2D eigenvalue weighted by Crippen LogP contribution is 2.27. The van der Waals surface area contributed by atoms with Crippen molar-refractivity contribution >= 4 is 15.7 Å². The van der Waals surface area contributed by atoms with E-state index in [9.17, 15) is 12.8 Å². The normalized spacial score (nSPS) is 11.6. The first kappa shape index (κ1) is 18.1. The second-order valence-electron chi connectivity index (χ2n) is 6.26. The van der Waals surface area contributed by atoms with Crippen LogP contribution in [-0.4, -0.2) is 18.2 Å². The number of nitrogens with zero attached hydrogens (tertiary/aromatic N) is 2. The monoisotopic (exact) mass is 373 g/mol. The molecule has 1 N–H and O–H groups in total. The van der Waals surface area contributed by atoms with Crippen molar-refractivity contribution in [2.24, 2.45) is 0 Å². The highest BCUT2D eigenvalue weighted by Gasteiger charge is 2.26. The van der Waals surface area contributed by atoms with E-state index in [1.807, 2.05) is 32.0 Å². The largest absolute Gasteiger partial charge is 0.279 e. The Morgan fingerprint density at radius 2 is 1.54 bits per heavy atom. The van der Waals surface area contributed by atoms with Crippen LogP contribution in [0, 0.1) is 33.5 Å². The fourth-order valence-corrected chi connectivity index (χ4v) is 4.61. The fourth-order valence-electron chi connectivity index (χ4n) is 3.01. The van der Waals surface area contributed by atoms with Gasteiger partial charge in [0.25, 0.3) is 10.0 Å². The van der Waals surface area contributed by atoms with Crippen molar-refractivity contribution in [2.45, 2.75) is 32.6 Å². The third kappa shape index (κ3) is 3.22. The average molecular weight is 373 g/mol. The minimum atomic E-state index is -3.82. The molecule has 0 fully saturated rings. The molecular weight excluding hydrogens is 353 g/mol. The molecular formula is C19H20FN3O2S. The van der Waals surface area contributed by atoms with Crippen molar-refractivity contribution in [3.8, 4) is 5.69 Å². The van der Waals surface area contributed by atoms with Crippen LogP contribution < -0.4 is 4.72 Å². The second kappa shape index (κ2) is 6.57. The van der Waals surface area contributed by atoms with Crippen molar-refractivity contribution in [1.82, 2.24) is 9.78 Å². The number of rotatable bonds is 4. The van der Waals surface area contributed by atoms with E-state index in [2.05, 4.69) is 9.82 Å². The third-order valence-electron chi connectivity index (χ3n) is 4.28. The van der Waals surface area contributed by atoms with Gasteiger partial charge in [0.05, 0.1) is 22.8 Å². The Balaban J connectivity index is 2.07. The number of benzene rings is 2. The summed E-state index contributed by atoms with van der Waals surface area (Å²) in [4.78, 5) is 0.129. The van der Waals surface area contributed by atoms with Crippen LogP contribution in [0.3, 0.4) is 0 Å². The van der Waals surface area contributed by atoms with Gasteiger partial charge >= 0.3 is 0 Å². The van der Waals surface area contributed by atoms with Crippen LogP contribution in [0.25, 0.3) is 5.69 Å². The maximum absolute atomic E-state index is 13.2. The number of aryl methyl sites for hydroxylation is 3. The number of sulfonamides is 1. The summed E-state index contributed by atoms with van der Waals surface area (Å²) >= 11 is 0. The quantitative estimate of drug-likeness (QED) is 0.750. The molecule has 26 heavy (non-hydrogen) atoms. The summed E-state index contributed by atoms with van der Waals surface area (Å²) in [6, 6.07) is 11.3. The Labute approximate surface area is 152 Å². The third-order valence-corrected chi connectivity index (χ3v) is 5.88. The molecule has 0 amide bonds. The van der Waals surface area contributed by atoms with E-state index in [0.717, 1.165) is 11.1 Å². The maximum atomic E-state index is 13.2. The molecule has 0 saturated heterocycles. The molecule has 3 aromatic rings. The van der Waals surface area contributed by atoms with E-state index >= 15 is 0 Å². The Kier molecular flexibility index (Phi) is 4.58. The van der Waals surface area contributed by atoms with E-state index in [0.29, 0.717) is 22.8 Å². The molecule has 2 aromatic carbocycles. The van der Waals surface area contributed by atoms with Crippen molar-refractivity contribution in [3.05, 3.63) is 70.8 Å². The lowest BCUT2D eigenvalue weighted by molar-refractivity contribution is 0.599. The molecule has 0 unspecified atom stereocenters. The first-order chi connectivity index (χ1) is 12.2. The van der Waals surface area contributed by atoms with Crippen LogP contribution in [0.1, 0.15) is 22.5 Å². The number of aromatic nitrogens is 2. The molecule has 136 valence electrons. The molecule has 3 rings (SSSR count). The smallest absolute Gasteiger partial charge is 0.265 e. The number of para-hydroxylation sites is 1. The highest BCUT2D eigenvalue weighted by atomic mass is 32.2. The molecule has 0 aliphatic heterocycles. The van der Waals surface area contributed by atoms with Gasteiger partial charge in [0.2, 0.25) is 0 Å². The zero-order chi connectivity index (χ0) is 19.1. The van der Waals surface area contributed by atoms with Crippen LogP contribution >= 0.6 is 0 Å². The number of nitrogens with one attached hydrogen (secondary N) is 1. The van der Waals surface area contributed by atoms with Gasteiger partial charge in [-0.15, -0.1) is 0 Å². The summed E-state index contributed by atoms with van der Waals surface area (Å²) in [7, 11) is -3.82. The minimum absolute atomic E-state index is 0.129. The number of anilines is 1. The molecule has 0 radical (unpaired) electrons. The molecule has 0 saturated carbocycles. The van der Waals surface area contributed by atoms with Crippen molar-refractivity contribution in [1.29, 1.82) is 0 Å². The summed E-state index contributed by atoms with van der Waals surface area (Å²) in [6.45, 7) is 7.04. The Bertz CT molecular complexity index is 1050. The molecule has 7 heteroatoms. The second-order valence-corrected chi connectivity index (χ2v) is 7.88. The number of halogens is 1. The van der Waals surface area contributed by atoms with Gasteiger partial charge in [-0.05, 0) is 63.1 Å². The van der Waals surface area contributed by atoms with Crippen molar-refractivity contribution in [3.63, 3.8) is 0 Å².